The Morgan fingerprint density at radius 1 is 0.308 bits per heavy atom. The molecule has 0 saturated heterocycles. The molecule has 0 atom stereocenters. The molecule has 2 N–H and O–H groups in total. The molecule has 6 nitrogen and oxygen atoms in total. The number of rotatable bonds is 20. The molecule has 104 heavy (non-hydrogen) atoms. The number of hydrogen-bond donors (Lipinski definition) is 2. The minimum absolute atomic E-state index is 0. The standard InChI is InChI=1S/2C34H38NO2.4C7H7.Hf.Zr/c2*1-23(2)27-14-9-15-28(24(3)4)33(27)35-20-11-21-37-32-19-18-25(5)22-31(32)30-17-10-16-29(34(30)36)26-12-7-6-8-13-26;4*1-7-5-3-2-4-6-7;;/h2*6-10,12-19,22-24,36H,11,20-21H2,1-5H3;4*2-6H,1H2;;/q6*-1;;+3. The van der Waals surface area contributed by atoms with Gasteiger partial charge in [-0.15, -0.1) is 73.0 Å². The molecule has 0 heterocycles. The van der Waals surface area contributed by atoms with Gasteiger partial charge in [-0.3, -0.25) is 0 Å². The Bertz CT molecular complexity index is 3970. The summed E-state index contributed by atoms with van der Waals surface area (Å²) in [6.45, 7) is 39.3. The first-order valence-corrected chi connectivity index (χ1v) is 35.6. The zero-order chi connectivity index (χ0) is 73.2. The topological polar surface area (TPSA) is 87.1 Å². The van der Waals surface area contributed by atoms with Crippen LogP contribution < -0.4 is 9.47 Å². The van der Waals surface area contributed by atoms with E-state index in [1.807, 2.05) is 231 Å². The summed E-state index contributed by atoms with van der Waals surface area (Å²) in [5.74, 6) is 3.82. The molecule has 1 radical (unpaired) electrons. The average molecular weight is 1620 g/mol. The monoisotopic (exact) mass is 1620 g/mol. The summed E-state index contributed by atoms with van der Waals surface area (Å²) in [4.78, 5) is 0. The first-order valence-electron chi connectivity index (χ1n) is 35.6. The van der Waals surface area contributed by atoms with E-state index in [1.165, 1.54) is 22.3 Å². The van der Waals surface area contributed by atoms with Gasteiger partial charge in [-0.2, -0.15) is 98.5 Å². The summed E-state index contributed by atoms with van der Waals surface area (Å²) in [5, 5.41) is 32.5. The van der Waals surface area contributed by atoms with Gasteiger partial charge in [0.1, 0.15) is 23.0 Å². The fourth-order valence-corrected chi connectivity index (χ4v) is 11.4. The number of aryl methyl sites for hydroxylation is 2. The van der Waals surface area contributed by atoms with Crippen molar-refractivity contribution in [2.75, 3.05) is 26.3 Å². The Morgan fingerprint density at radius 2 is 0.558 bits per heavy atom. The van der Waals surface area contributed by atoms with Crippen LogP contribution in [0.15, 0.2) is 291 Å². The molecule has 0 aliphatic heterocycles. The zero-order valence-electron chi connectivity index (χ0n) is 62.7. The van der Waals surface area contributed by atoms with E-state index < -0.39 is 0 Å². The molecule has 12 aromatic rings. The number of phenolic OH excluding ortho intramolecular Hbond substituents is 2. The summed E-state index contributed by atoms with van der Waals surface area (Å²) >= 11 is 0. The van der Waals surface area contributed by atoms with Crippen molar-refractivity contribution >= 4 is 11.4 Å². The second-order valence-electron chi connectivity index (χ2n) is 26.4. The fraction of sp³-hybridized carbons (Fsp3) is 0.208. The van der Waals surface area contributed by atoms with E-state index in [0.29, 0.717) is 50.0 Å². The van der Waals surface area contributed by atoms with Crippen LogP contribution in [0.5, 0.6) is 23.0 Å². The number of aromatic hydroxyl groups is 2. The third-order valence-corrected chi connectivity index (χ3v) is 16.8. The summed E-state index contributed by atoms with van der Waals surface area (Å²) in [7, 11) is 0. The fourth-order valence-electron chi connectivity index (χ4n) is 11.4. The van der Waals surface area contributed by atoms with Crippen molar-refractivity contribution < 1.29 is 71.7 Å². The first kappa shape index (κ1) is 85.3. The number of benzene rings is 12. The SMILES string of the molecule is Cc1ccc(OCCC[N-]c2c(C(C)C)cccc2C(C)C)c(-c2cccc(-c3ccccc3)c2O)c1.Cc1ccc(OCCC[N-]c2c(C(C)C)cccc2C(C)C)c(-c2cccc(-c3ccccc3)c2O)c1.[CH2-]c1ccccc1.[CH2-]c1ccccc1.[CH2-]c1ccccc1.[CH2-]c1ccccc1.[Hf].[Zr+3]. The van der Waals surface area contributed by atoms with Crippen LogP contribution in [-0.2, 0) is 52.0 Å². The van der Waals surface area contributed by atoms with Gasteiger partial charge >= 0.3 is 26.2 Å². The van der Waals surface area contributed by atoms with Gasteiger partial charge in [-0.1, -0.05) is 259 Å². The van der Waals surface area contributed by atoms with Crippen LogP contribution in [0.4, 0.5) is 11.4 Å². The van der Waals surface area contributed by atoms with Crippen molar-refractivity contribution in [2.24, 2.45) is 0 Å². The van der Waals surface area contributed by atoms with Gasteiger partial charge in [0.05, 0.1) is 13.2 Å². The quantitative estimate of drug-likeness (QED) is 0.0452. The van der Waals surface area contributed by atoms with Gasteiger partial charge < -0.3 is 30.3 Å². The van der Waals surface area contributed by atoms with E-state index >= 15 is 0 Å². The van der Waals surface area contributed by atoms with Crippen LogP contribution >= 0.6 is 0 Å². The molecule has 0 saturated carbocycles. The number of phenols is 2. The summed E-state index contributed by atoms with van der Waals surface area (Å²) < 4.78 is 12.5. The Kier molecular flexibility index (Phi) is 37.5. The number of hydrogen-bond acceptors (Lipinski definition) is 4. The summed E-state index contributed by atoms with van der Waals surface area (Å²) in [5.41, 5.74) is 21.0. The molecule has 533 valence electrons. The third kappa shape index (κ3) is 27.4. The van der Waals surface area contributed by atoms with Gasteiger partial charge in [0.25, 0.3) is 0 Å². The summed E-state index contributed by atoms with van der Waals surface area (Å²) in [6, 6.07) is 96.6. The maximum atomic E-state index is 11.2. The minimum atomic E-state index is 0. The third-order valence-electron chi connectivity index (χ3n) is 16.8. The number of ether oxygens (including phenoxy) is 2. The van der Waals surface area contributed by atoms with E-state index in [2.05, 4.69) is 158 Å². The molecule has 0 amide bonds. The maximum absolute atomic E-state index is 11.2. The predicted octanol–water partition coefficient (Wildman–Crippen LogP) is 27.0. The van der Waals surface area contributed by atoms with Crippen molar-refractivity contribution in [3.05, 3.63) is 385 Å². The normalized spacial score (nSPS) is 10.3. The number of nitrogens with zero attached hydrogens (tertiary/aromatic N) is 2. The molecule has 0 fully saturated rings. The molecule has 0 spiro atoms. The second kappa shape index (κ2) is 45.7. The Hall–Kier alpha value is -9.33. The van der Waals surface area contributed by atoms with Crippen LogP contribution in [0, 0.1) is 41.5 Å². The molecule has 12 rings (SSSR count). The van der Waals surface area contributed by atoms with Gasteiger partial charge in [0.2, 0.25) is 0 Å². The molecule has 12 aromatic carbocycles. The molecule has 8 heteroatoms. The van der Waals surface area contributed by atoms with Crippen LogP contribution in [0.1, 0.15) is 148 Å². The Labute approximate surface area is 662 Å². The maximum Gasteiger partial charge on any atom is 3.00 e. The van der Waals surface area contributed by atoms with Gasteiger partial charge in [-0.05, 0) is 85.8 Å². The number of para-hydroxylation sites is 4. The van der Waals surface area contributed by atoms with Gasteiger partial charge in [-0.25, -0.2) is 0 Å². The van der Waals surface area contributed by atoms with Crippen molar-refractivity contribution in [2.45, 2.75) is 106 Å². The largest absolute Gasteiger partial charge is 3.00 e. The average Bonchev–Trinajstić information content (AvgIpc) is 0.808. The van der Waals surface area contributed by atoms with E-state index in [0.717, 1.165) is 114 Å². The van der Waals surface area contributed by atoms with Crippen molar-refractivity contribution in [1.82, 2.24) is 0 Å². The minimum Gasteiger partial charge on any atom is -0.684 e. The van der Waals surface area contributed by atoms with Crippen LogP contribution in [-0.4, -0.2) is 36.5 Å². The molecule has 0 aromatic heterocycles. The van der Waals surface area contributed by atoms with E-state index in [4.69, 9.17) is 20.1 Å². The Morgan fingerprint density at radius 3 is 0.808 bits per heavy atom. The van der Waals surface area contributed by atoms with Gasteiger partial charge in [0, 0.05) is 59.2 Å². The first-order chi connectivity index (χ1) is 49.3. The molecule has 0 aliphatic rings. The van der Waals surface area contributed by atoms with Crippen molar-refractivity contribution in [3.8, 4) is 67.5 Å². The van der Waals surface area contributed by atoms with Crippen molar-refractivity contribution in [3.63, 3.8) is 0 Å². The van der Waals surface area contributed by atoms with E-state index in [1.54, 1.807) is 0 Å². The van der Waals surface area contributed by atoms with E-state index in [-0.39, 0.29) is 63.5 Å². The smallest absolute Gasteiger partial charge is 0.684 e. The predicted molar refractivity (Wildman–Crippen MR) is 436 cm³/mol. The molecule has 0 bridgehead atoms. The molecule has 0 unspecified atom stereocenters. The molecular weight excluding hydrogens is 1510 g/mol. The summed E-state index contributed by atoms with van der Waals surface area (Å²) in [6.07, 6.45) is 1.63. The Balaban J connectivity index is 0.000000267. The zero-order valence-corrected chi connectivity index (χ0v) is 68.7. The van der Waals surface area contributed by atoms with Crippen LogP contribution in [0.3, 0.4) is 0 Å². The van der Waals surface area contributed by atoms with Gasteiger partial charge in [0.15, 0.2) is 0 Å². The second-order valence-corrected chi connectivity index (χ2v) is 26.4. The van der Waals surface area contributed by atoms with Crippen molar-refractivity contribution in [1.29, 1.82) is 0 Å². The molecular formula is C96H104HfN2O4Zr-3. The molecule has 0 aliphatic carbocycles. The van der Waals surface area contributed by atoms with Crippen LogP contribution in [0.2, 0.25) is 0 Å². The van der Waals surface area contributed by atoms with E-state index in [9.17, 15) is 10.2 Å². The van der Waals surface area contributed by atoms with Crippen LogP contribution in [0.25, 0.3) is 55.1 Å².